The van der Waals surface area contributed by atoms with E-state index in [2.05, 4.69) is 40.5 Å². The second-order valence-corrected chi connectivity index (χ2v) is 6.86. The van der Waals surface area contributed by atoms with Gasteiger partial charge in [-0.3, -0.25) is 4.79 Å². The van der Waals surface area contributed by atoms with Gasteiger partial charge in [0, 0.05) is 25.3 Å². The fourth-order valence-electron chi connectivity index (χ4n) is 3.65. The predicted octanol–water partition coefficient (Wildman–Crippen LogP) is 2.87. The van der Waals surface area contributed by atoms with Crippen LogP contribution < -0.4 is 10.2 Å². The quantitative estimate of drug-likeness (QED) is 0.913. The molecule has 2 aliphatic rings. The van der Waals surface area contributed by atoms with Crippen molar-refractivity contribution in [1.82, 2.24) is 5.32 Å². The minimum Gasteiger partial charge on any atom is -0.378 e. The molecule has 0 unspecified atom stereocenters. The molecule has 25 heavy (non-hydrogen) atoms. The van der Waals surface area contributed by atoms with Gasteiger partial charge in [-0.15, -0.1) is 0 Å². The predicted molar refractivity (Wildman–Crippen MR) is 98.7 cm³/mol. The molecule has 130 valence electrons. The number of hydrogen-bond acceptors (Lipinski definition) is 3. The largest absolute Gasteiger partial charge is 0.378 e. The van der Waals surface area contributed by atoms with E-state index in [0.29, 0.717) is 6.54 Å². The van der Waals surface area contributed by atoms with Gasteiger partial charge in [0.1, 0.15) is 0 Å². The van der Waals surface area contributed by atoms with Crippen LogP contribution in [0.1, 0.15) is 24.0 Å². The summed E-state index contributed by atoms with van der Waals surface area (Å²) in [6, 6.07) is 18.5. The van der Waals surface area contributed by atoms with Crippen LogP contribution in [0.25, 0.3) is 0 Å². The van der Waals surface area contributed by atoms with Gasteiger partial charge in [0.05, 0.1) is 18.6 Å². The van der Waals surface area contributed by atoms with Gasteiger partial charge >= 0.3 is 0 Å². The maximum atomic E-state index is 12.8. The van der Waals surface area contributed by atoms with Crippen LogP contribution in [-0.4, -0.2) is 32.2 Å². The van der Waals surface area contributed by atoms with Crippen molar-refractivity contribution in [2.24, 2.45) is 0 Å². The van der Waals surface area contributed by atoms with Gasteiger partial charge in [0.2, 0.25) is 5.91 Å². The first-order valence-corrected chi connectivity index (χ1v) is 9.04. The van der Waals surface area contributed by atoms with E-state index in [0.717, 1.165) is 44.7 Å². The fourth-order valence-corrected chi connectivity index (χ4v) is 3.65. The van der Waals surface area contributed by atoms with Crippen molar-refractivity contribution in [3.8, 4) is 0 Å². The summed E-state index contributed by atoms with van der Waals surface area (Å²) in [5, 5.41) is 3.18. The van der Waals surface area contributed by atoms with Gasteiger partial charge in [0.25, 0.3) is 0 Å². The summed E-state index contributed by atoms with van der Waals surface area (Å²) in [5.74, 6) is 0.149. The zero-order valence-corrected chi connectivity index (χ0v) is 14.4. The highest BCUT2D eigenvalue weighted by molar-refractivity contribution is 5.91. The molecule has 4 rings (SSSR count). The van der Waals surface area contributed by atoms with E-state index in [-0.39, 0.29) is 11.3 Å². The van der Waals surface area contributed by atoms with Crippen LogP contribution in [0.5, 0.6) is 0 Å². The van der Waals surface area contributed by atoms with E-state index >= 15 is 0 Å². The summed E-state index contributed by atoms with van der Waals surface area (Å²) in [5.41, 5.74) is 3.20. The molecule has 0 aromatic heterocycles. The van der Waals surface area contributed by atoms with E-state index < -0.39 is 0 Å². The highest BCUT2D eigenvalue weighted by Gasteiger charge is 2.50. The topological polar surface area (TPSA) is 41.6 Å². The number of amides is 1. The summed E-state index contributed by atoms with van der Waals surface area (Å²) in [4.78, 5) is 15.2. The Labute approximate surface area is 148 Å². The van der Waals surface area contributed by atoms with Gasteiger partial charge in [-0.25, -0.2) is 0 Å². The van der Waals surface area contributed by atoms with Gasteiger partial charge in [-0.05, 0) is 30.0 Å². The molecule has 0 atom stereocenters. The van der Waals surface area contributed by atoms with E-state index in [1.165, 1.54) is 11.3 Å². The Kier molecular flexibility index (Phi) is 4.45. The molecule has 1 saturated carbocycles. The lowest BCUT2D eigenvalue weighted by atomic mass is 9.95. The number of carbonyl (C=O) groups excluding carboxylic acids is 1. The Morgan fingerprint density at radius 1 is 1.00 bits per heavy atom. The molecule has 4 heteroatoms. The van der Waals surface area contributed by atoms with Crippen LogP contribution in [-0.2, 0) is 21.5 Å². The van der Waals surface area contributed by atoms with Gasteiger partial charge in [-0.2, -0.15) is 0 Å². The number of ether oxygens (including phenoxy) is 1. The van der Waals surface area contributed by atoms with Crippen molar-refractivity contribution in [3.63, 3.8) is 0 Å². The third kappa shape index (κ3) is 3.27. The Hall–Kier alpha value is -2.33. The van der Waals surface area contributed by atoms with E-state index in [1.807, 2.05) is 24.3 Å². The number of hydrogen-bond donors (Lipinski definition) is 1. The Bertz CT molecular complexity index is 735. The number of para-hydroxylation sites is 1. The molecule has 2 aromatic rings. The lowest BCUT2D eigenvalue weighted by Crippen LogP contribution is -2.38. The zero-order chi connectivity index (χ0) is 17.1. The number of rotatable bonds is 5. The Morgan fingerprint density at radius 3 is 2.40 bits per heavy atom. The lowest BCUT2D eigenvalue weighted by Gasteiger charge is -2.30. The normalized spacial score (nSPS) is 18.6. The molecule has 1 aliphatic carbocycles. The molecule has 1 aliphatic heterocycles. The molecular weight excluding hydrogens is 312 g/mol. The van der Waals surface area contributed by atoms with Crippen LogP contribution in [0, 0.1) is 0 Å². The Balaban J connectivity index is 1.46. The first-order chi connectivity index (χ1) is 12.3. The van der Waals surface area contributed by atoms with Crippen molar-refractivity contribution in [1.29, 1.82) is 0 Å². The van der Waals surface area contributed by atoms with Crippen molar-refractivity contribution >= 4 is 11.6 Å². The van der Waals surface area contributed by atoms with Gasteiger partial charge in [-0.1, -0.05) is 48.5 Å². The minimum atomic E-state index is -0.310. The average molecular weight is 336 g/mol. The summed E-state index contributed by atoms with van der Waals surface area (Å²) in [6.45, 7) is 3.90. The second-order valence-electron chi connectivity index (χ2n) is 6.86. The molecule has 1 N–H and O–H groups in total. The number of carbonyl (C=O) groups is 1. The maximum absolute atomic E-state index is 12.8. The zero-order valence-electron chi connectivity index (χ0n) is 14.4. The first kappa shape index (κ1) is 16.2. The number of benzene rings is 2. The third-order valence-electron chi connectivity index (χ3n) is 5.29. The monoisotopic (exact) mass is 336 g/mol. The number of anilines is 1. The highest BCUT2D eigenvalue weighted by Crippen LogP contribution is 2.48. The van der Waals surface area contributed by atoms with E-state index in [9.17, 15) is 4.79 Å². The molecule has 2 fully saturated rings. The maximum Gasteiger partial charge on any atom is 0.230 e. The fraction of sp³-hybridized carbons (Fsp3) is 0.381. The molecular formula is C21H24N2O2. The van der Waals surface area contributed by atoms with Crippen molar-refractivity contribution in [2.45, 2.75) is 24.8 Å². The van der Waals surface area contributed by atoms with E-state index in [4.69, 9.17) is 4.74 Å². The Morgan fingerprint density at radius 2 is 1.68 bits per heavy atom. The number of nitrogens with one attached hydrogen (secondary N) is 1. The molecule has 1 heterocycles. The van der Waals surface area contributed by atoms with Crippen LogP contribution >= 0.6 is 0 Å². The van der Waals surface area contributed by atoms with E-state index in [1.54, 1.807) is 0 Å². The third-order valence-corrected chi connectivity index (χ3v) is 5.29. The summed E-state index contributed by atoms with van der Waals surface area (Å²) in [7, 11) is 0. The first-order valence-electron chi connectivity index (χ1n) is 9.04. The van der Waals surface area contributed by atoms with Crippen LogP contribution in [0.3, 0.4) is 0 Å². The molecule has 1 amide bonds. The van der Waals surface area contributed by atoms with Gasteiger partial charge < -0.3 is 15.0 Å². The van der Waals surface area contributed by atoms with Gasteiger partial charge in [0.15, 0.2) is 0 Å². The minimum absolute atomic E-state index is 0.149. The van der Waals surface area contributed by atoms with Crippen LogP contribution in [0.15, 0.2) is 54.6 Å². The number of morpholine rings is 1. The summed E-state index contributed by atoms with van der Waals surface area (Å²) < 4.78 is 5.45. The second kappa shape index (κ2) is 6.89. The van der Waals surface area contributed by atoms with Crippen LogP contribution in [0.4, 0.5) is 5.69 Å². The molecule has 0 spiro atoms. The lowest BCUT2D eigenvalue weighted by molar-refractivity contribution is -0.123. The van der Waals surface area contributed by atoms with Crippen molar-refractivity contribution in [3.05, 3.63) is 65.7 Å². The standard InChI is InChI=1S/C21H24N2O2/c24-20(21(10-11-21)18-7-2-1-3-8-18)22-16-17-6-4-5-9-19(17)23-12-14-25-15-13-23/h1-9H,10-16H2,(H,22,24). The molecule has 2 aromatic carbocycles. The van der Waals surface area contributed by atoms with Crippen molar-refractivity contribution in [2.75, 3.05) is 31.2 Å². The molecule has 0 bridgehead atoms. The average Bonchev–Trinajstić information content (AvgIpc) is 3.50. The number of nitrogens with zero attached hydrogens (tertiary/aromatic N) is 1. The summed E-state index contributed by atoms with van der Waals surface area (Å²) >= 11 is 0. The summed E-state index contributed by atoms with van der Waals surface area (Å²) in [6.07, 6.45) is 1.88. The SMILES string of the molecule is O=C(NCc1ccccc1N1CCOCC1)C1(c2ccccc2)CC1. The van der Waals surface area contributed by atoms with Crippen molar-refractivity contribution < 1.29 is 9.53 Å². The molecule has 4 nitrogen and oxygen atoms in total. The highest BCUT2D eigenvalue weighted by atomic mass is 16.5. The smallest absolute Gasteiger partial charge is 0.230 e. The molecule has 0 radical (unpaired) electrons. The molecule has 1 saturated heterocycles. The van der Waals surface area contributed by atoms with Crippen LogP contribution in [0.2, 0.25) is 0 Å².